The number of aliphatic hydroxyl groups excluding tert-OH is 2. The molecule has 0 rings (SSSR count). The van der Waals surface area contributed by atoms with E-state index in [4.69, 9.17) is 4.74 Å². The standard InChI is InChI=1S/C77H149NO5/c1-3-5-7-9-11-13-15-17-46-49-53-57-61-65-69-75(80)74(73-79)78-76(81)70-66-62-58-54-50-47-43-41-39-37-35-33-31-29-27-25-23-21-19-18-20-22-24-26-28-30-32-34-36-38-40-42-44-48-52-56-60-64-68-72-83-77(82)71-67-63-59-55-51-45-16-14-12-10-8-6-4-2/h14,16,18-19,74-75,79-80H,3-13,15,17,20-73H2,1-2H3,(H,78,81)/b16-14-,19-18-. The molecule has 0 spiro atoms. The van der Waals surface area contributed by atoms with Crippen LogP contribution in [-0.2, 0) is 14.3 Å². The molecule has 0 aliphatic rings. The Kier molecular flexibility index (Phi) is 71.4. The molecule has 0 heterocycles. The van der Waals surface area contributed by atoms with Crippen LogP contribution in [0.1, 0.15) is 431 Å². The molecule has 2 unspecified atom stereocenters. The number of amides is 1. The molecule has 0 aliphatic carbocycles. The first-order valence-corrected chi connectivity index (χ1v) is 38.1. The summed E-state index contributed by atoms with van der Waals surface area (Å²) in [6, 6.07) is -0.537. The summed E-state index contributed by atoms with van der Waals surface area (Å²) in [5.41, 5.74) is 0. The molecule has 0 aliphatic heterocycles. The maximum Gasteiger partial charge on any atom is 0.305 e. The quantitative estimate of drug-likeness (QED) is 0.0320. The number of unbranched alkanes of at least 4 members (excludes halogenated alkanes) is 57. The highest BCUT2D eigenvalue weighted by Crippen LogP contribution is 2.19. The Morgan fingerprint density at radius 3 is 0.867 bits per heavy atom. The maximum atomic E-state index is 12.5. The summed E-state index contributed by atoms with van der Waals surface area (Å²) in [5, 5.41) is 23.3. The number of aliphatic hydroxyl groups is 2. The van der Waals surface area contributed by atoms with Crippen LogP contribution >= 0.6 is 0 Å². The molecular weight excluding hydrogens is 1020 g/mol. The van der Waals surface area contributed by atoms with Gasteiger partial charge in [0.05, 0.1) is 25.4 Å². The van der Waals surface area contributed by atoms with Crippen LogP contribution in [0.4, 0.5) is 0 Å². The Morgan fingerprint density at radius 1 is 0.325 bits per heavy atom. The van der Waals surface area contributed by atoms with E-state index >= 15 is 0 Å². The number of allylic oxidation sites excluding steroid dienone is 4. The van der Waals surface area contributed by atoms with Gasteiger partial charge in [-0.15, -0.1) is 0 Å². The lowest BCUT2D eigenvalue weighted by atomic mass is 10.0. The first-order valence-electron chi connectivity index (χ1n) is 38.1. The molecule has 0 aromatic carbocycles. The van der Waals surface area contributed by atoms with Crippen LogP contribution in [0.3, 0.4) is 0 Å². The van der Waals surface area contributed by atoms with Crippen molar-refractivity contribution in [2.24, 2.45) is 0 Å². The van der Waals surface area contributed by atoms with Gasteiger partial charge in [-0.3, -0.25) is 9.59 Å². The number of hydrogen-bond acceptors (Lipinski definition) is 5. The summed E-state index contributed by atoms with van der Waals surface area (Å²) >= 11 is 0. The molecule has 0 saturated carbocycles. The lowest BCUT2D eigenvalue weighted by Crippen LogP contribution is -2.45. The van der Waals surface area contributed by atoms with Crippen molar-refractivity contribution in [1.29, 1.82) is 0 Å². The van der Waals surface area contributed by atoms with Crippen LogP contribution in [0.5, 0.6) is 0 Å². The molecule has 0 aromatic heterocycles. The van der Waals surface area contributed by atoms with Crippen molar-refractivity contribution in [3.63, 3.8) is 0 Å². The molecule has 0 bridgehead atoms. The van der Waals surface area contributed by atoms with Crippen LogP contribution in [0.25, 0.3) is 0 Å². The van der Waals surface area contributed by atoms with Crippen molar-refractivity contribution >= 4 is 11.9 Å². The van der Waals surface area contributed by atoms with Gasteiger partial charge < -0.3 is 20.3 Å². The Hall–Kier alpha value is -1.66. The predicted molar refractivity (Wildman–Crippen MR) is 366 cm³/mol. The molecule has 0 saturated heterocycles. The molecule has 492 valence electrons. The molecule has 6 nitrogen and oxygen atoms in total. The molecule has 6 heteroatoms. The number of carbonyl (C=O) groups excluding carboxylic acids is 2. The minimum atomic E-state index is -0.660. The topological polar surface area (TPSA) is 95.9 Å². The van der Waals surface area contributed by atoms with Crippen LogP contribution in [0.2, 0.25) is 0 Å². The van der Waals surface area contributed by atoms with E-state index in [0.29, 0.717) is 25.9 Å². The molecular formula is C77H149NO5. The normalized spacial score (nSPS) is 12.6. The number of hydrogen-bond donors (Lipinski definition) is 3. The number of nitrogens with one attached hydrogen (secondary N) is 1. The smallest absolute Gasteiger partial charge is 0.305 e. The lowest BCUT2D eigenvalue weighted by Gasteiger charge is -2.22. The average Bonchev–Trinajstić information content (AvgIpc) is 3.49. The maximum absolute atomic E-state index is 12.5. The Bertz CT molecular complexity index is 1300. The third kappa shape index (κ3) is 69.3. The first-order chi connectivity index (χ1) is 41.0. The highest BCUT2D eigenvalue weighted by molar-refractivity contribution is 5.76. The average molecular weight is 1170 g/mol. The zero-order chi connectivity index (χ0) is 59.9. The van der Waals surface area contributed by atoms with E-state index < -0.39 is 12.1 Å². The number of ether oxygens (including phenoxy) is 1. The highest BCUT2D eigenvalue weighted by atomic mass is 16.5. The monoisotopic (exact) mass is 1170 g/mol. The van der Waals surface area contributed by atoms with Gasteiger partial charge in [-0.2, -0.15) is 0 Å². The number of rotatable bonds is 72. The third-order valence-electron chi connectivity index (χ3n) is 18.0. The van der Waals surface area contributed by atoms with Crippen molar-refractivity contribution in [1.82, 2.24) is 5.32 Å². The first kappa shape index (κ1) is 81.3. The lowest BCUT2D eigenvalue weighted by molar-refractivity contribution is -0.143. The van der Waals surface area contributed by atoms with Crippen LogP contribution in [-0.4, -0.2) is 47.4 Å². The summed E-state index contributed by atoms with van der Waals surface area (Å²) in [7, 11) is 0. The van der Waals surface area contributed by atoms with E-state index in [2.05, 4.69) is 43.5 Å². The minimum Gasteiger partial charge on any atom is -0.466 e. The van der Waals surface area contributed by atoms with Gasteiger partial charge in [0, 0.05) is 12.8 Å². The summed E-state index contributed by atoms with van der Waals surface area (Å²) in [5.74, 6) is -0.0139. The predicted octanol–water partition coefficient (Wildman–Crippen LogP) is 24.9. The fourth-order valence-corrected chi connectivity index (χ4v) is 12.2. The molecule has 0 aromatic rings. The Labute approximate surface area is 520 Å². The van der Waals surface area contributed by atoms with Gasteiger partial charge >= 0.3 is 5.97 Å². The zero-order valence-electron chi connectivity index (χ0n) is 56.5. The van der Waals surface area contributed by atoms with Crippen LogP contribution in [0, 0.1) is 0 Å². The zero-order valence-corrected chi connectivity index (χ0v) is 56.5. The van der Waals surface area contributed by atoms with Crippen LogP contribution in [0.15, 0.2) is 24.3 Å². The second kappa shape index (κ2) is 72.8. The van der Waals surface area contributed by atoms with E-state index in [9.17, 15) is 19.8 Å². The molecule has 2 atom stereocenters. The number of carbonyl (C=O) groups is 2. The van der Waals surface area contributed by atoms with E-state index in [-0.39, 0.29) is 18.5 Å². The minimum absolute atomic E-state index is 0.0138. The van der Waals surface area contributed by atoms with E-state index in [1.807, 2.05) is 0 Å². The van der Waals surface area contributed by atoms with E-state index in [1.54, 1.807) is 0 Å². The fourth-order valence-electron chi connectivity index (χ4n) is 12.2. The largest absolute Gasteiger partial charge is 0.466 e. The fraction of sp³-hybridized carbons (Fsp3) is 0.922. The molecule has 1 amide bonds. The number of esters is 1. The molecule has 0 radical (unpaired) electrons. The van der Waals surface area contributed by atoms with Crippen molar-refractivity contribution in [2.75, 3.05) is 13.2 Å². The van der Waals surface area contributed by atoms with Gasteiger partial charge in [-0.25, -0.2) is 0 Å². The molecule has 0 fully saturated rings. The van der Waals surface area contributed by atoms with Crippen molar-refractivity contribution in [3.05, 3.63) is 24.3 Å². The highest BCUT2D eigenvalue weighted by Gasteiger charge is 2.20. The van der Waals surface area contributed by atoms with Crippen molar-refractivity contribution in [3.8, 4) is 0 Å². The van der Waals surface area contributed by atoms with Gasteiger partial charge in [-0.05, 0) is 77.0 Å². The Morgan fingerprint density at radius 2 is 0.566 bits per heavy atom. The summed E-state index contributed by atoms with van der Waals surface area (Å²) in [4.78, 5) is 24.6. The van der Waals surface area contributed by atoms with E-state index in [1.165, 1.54) is 353 Å². The van der Waals surface area contributed by atoms with Crippen molar-refractivity contribution < 1.29 is 24.5 Å². The summed E-state index contributed by atoms with van der Waals surface area (Å²) < 4.78 is 5.49. The second-order valence-electron chi connectivity index (χ2n) is 26.3. The SMILES string of the molecule is CCCCCC/C=C\CCCCCCCC(=O)OCCCCCCCCCCCCCCCCCCCC/C=C\CCCCCCCCCCCCCCCCCCCC(=O)NC(CO)C(O)CCCCCCCCCCCCCCCC. The summed E-state index contributed by atoms with van der Waals surface area (Å²) in [6.45, 7) is 4.97. The molecule has 83 heavy (non-hydrogen) atoms. The van der Waals surface area contributed by atoms with E-state index in [0.717, 1.165) is 44.9 Å². The van der Waals surface area contributed by atoms with Crippen LogP contribution < -0.4 is 5.32 Å². The second-order valence-corrected chi connectivity index (χ2v) is 26.3. The van der Waals surface area contributed by atoms with Crippen molar-refractivity contribution in [2.45, 2.75) is 443 Å². The summed E-state index contributed by atoms with van der Waals surface area (Å²) in [6.07, 6.45) is 92.7. The van der Waals surface area contributed by atoms with Gasteiger partial charge in [0.15, 0.2) is 0 Å². The van der Waals surface area contributed by atoms with Gasteiger partial charge in [0.1, 0.15) is 0 Å². The van der Waals surface area contributed by atoms with Gasteiger partial charge in [-0.1, -0.05) is 366 Å². The Balaban J connectivity index is 3.31. The molecule has 3 N–H and O–H groups in total. The van der Waals surface area contributed by atoms with Gasteiger partial charge in [0.25, 0.3) is 0 Å². The third-order valence-corrected chi connectivity index (χ3v) is 18.0. The van der Waals surface area contributed by atoms with Gasteiger partial charge in [0.2, 0.25) is 5.91 Å².